The van der Waals surface area contributed by atoms with Crippen molar-refractivity contribution in [1.82, 2.24) is 29.5 Å². The third-order valence-electron chi connectivity index (χ3n) is 5.41. The van der Waals surface area contributed by atoms with Gasteiger partial charge in [-0.3, -0.25) is 4.68 Å². The molecule has 2 aliphatic rings. The maximum Gasteiger partial charge on any atom is 0.414 e. The predicted octanol–water partition coefficient (Wildman–Crippen LogP) is 3.10. The summed E-state index contributed by atoms with van der Waals surface area (Å²) in [6.07, 6.45) is 11.2. The number of amides is 1. The highest BCUT2D eigenvalue weighted by atomic mass is 35.5. The van der Waals surface area contributed by atoms with E-state index in [1.165, 1.54) is 6.26 Å². The summed E-state index contributed by atoms with van der Waals surface area (Å²) in [5, 5.41) is 11.3. The van der Waals surface area contributed by atoms with E-state index in [0.29, 0.717) is 42.5 Å². The molecule has 1 amide bonds. The second-order valence-electron chi connectivity index (χ2n) is 7.74. The van der Waals surface area contributed by atoms with Crippen LogP contribution >= 0.6 is 11.6 Å². The van der Waals surface area contributed by atoms with Crippen LogP contribution in [0.3, 0.4) is 0 Å². The van der Waals surface area contributed by atoms with Crippen LogP contribution in [0.4, 0.5) is 22.2 Å². The number of carbonyl (C=O) groups excluding carboxylic acids is 1. The Kier molecular flexibility index (Phi) is 6.88. The highest BCUT2D eigenvalue weighted by Crippen LogP contribution is 2.24. The van der Waals surface area contributed by atoms with Gasteiger partial charge in [-0.1, -0.05) is 11.6 Å². The standard InChI is InChI=1S/C20H27ClN8O2/c1-27-9-4-16(5-10-27)29-14-15(12-24-29)25-19-23-13-17(21)18(26-19)22-6-2-7-28-8-3-11-31-20(28)30/h3,11-14,16H,2,4-10H2,1H3,(H2,22,23,25,26). The third kappa shape index (κ3) is 5.65. The molecule has 1 saturated heterocycles. The van der Waals surface area contributed by atoms with Gasteiger partial charge in [0.05, 0.1) is 30.4 Å². The average Bonchev–Trinajstić information content (AvgIpc) is 3.23. The fourth-order valence-electron chi connectivity index (χ4n) is 3.63. The van der Waals surface area contributed by atoms with Gasteiger partial charge in [-0.15, -0.1) is 0 Å². The van der Waals surface area contributed by atoms with Gasteiger partial charge in [0.2, 0.25) is 5.95 Å². The maximum atomic E-state index is 11.6. The van der Waals surface area contributed by atoms with Gasteiger partial charge in [-0.05, 0) is 45.5 Å². The number of aromatic nitrogens is 4. The van der Waals surface area contributed by atoms with Crippen molar-refractivity contribution >= 4 is 35.1 Å². The first kappa shape index (κ1) is 21.4. The minimum Gasteiger partial charge on any atom is -0.418 e. The van der Waals surface area contributed by atoms with E-state index in [4.69, 9.17) is 16.3 Å². The number of nitrogens with one attached hydrogen (secondary N) is 2. The minimum absolute atomic E-state index is 0.324. The Bertz CT molecular complexity index is 926. The summed E-state index contributed by atoms with van der Waals surface area (Å²) in [6, 6.07) is 0.419. The van der Waals surface area contributed by atoms with E-state index in [9.17, 15) is 4.79 Å². The molecule has 0 unspecified atom stereocenters. The number of likely N-dealkylation sites (tertiary alicyclic amines) is 1. The molecule has 2 N–H and O–H groups in total. The highest BCUT2D eigenvalue weighted by Gasteiger charge is 2.19. The first-order chi connectivity index (χ1) is 15.1. The minimum atomic E-state index is -0.324. The van der Waals surface area contributed by atoms with Crippen molar-refractivity contribution in [2.45, 2.75) is 25.3 Å². The molecule has 31 heavy (non-hydrogen) atoms. The number of ether oxygens (including phenoxy) is 1. The molecule has 0 atom stereocenters. The summed E-state index contributed by atoms with van der Waals surface area (Å²) in [4.78, 5) is 24.3. The van der Waals surface area contributed by atoms with Gasteiger partial charge in [-0.25, -0.2) is 9.78 Å². The topological polar surface area (TPSA) is 100 Å². The molecule has 0 spiro atoms. The normalized spacial score (nSPS) is 17.6. The number of halogens is 1. The molecule has 0 aromatic carbocycles. The lowest BCUT2D eigenvalue weighted by Crippen LogP contribution is -2.34. The lowest BCUT2D eigenvalue weighted by atomic mass is 10.1. The van der Waals surface area contributed by atoms with Gasteiger partial charge in [0.15, 0.2) is 0 Å². The zero-order valence-electron chi connectivity index (χ0n) is 17.5. The smallest absolute Gasteiger partial charge is 0.414 e. The molecule has 0 saturated carbocycles. The van der Waals surface area contributed by atoms with Crippen LogP contribution in [0, 0.1) is 0 Å². The van der Waals surface area contributed by atoms with Crippen molar-refractivity contribution in [3.63, 3.8) is 0 Å². The van der Waals surface area contributed by atoms with Crippen molar-refractivity contribution in [2.24, 2.45) is 0 Å². The van der Waals surface area contributed by atoms with Crippen molar-refractivity contribution in [1.29, 1.82) is 0 Å². The molecule has 4 heterocycles. The summed E-state index contributed by atoms with van der Waals surface area (Å²) in [6.45, 7) is 3.92. The third-order valence-corrected chi connectivity index (χ3v) is 5.69. The average molecular weight is 447 g/mol. The molecule has 0 bridgehead atoms. The lowest BCUT2D eigenvalue weighted by molar-refractivity contribution is 0.133. The molecular formula is C20H27ClN8O2. The van der Waals surface area contributed by atoms with Crippen LogP contribution in [0.1, 0.15) is 25.3 Å². The van der Waals surface area contributed by atoms with Gasteiger partial charge < -0.3 is 25.2 Å². The Balaban J connectivity index is 1.29. The Hall–Kier alpha value is -2.85. The number of anilines is 3. The zero-order valence-corrected chi connectivity index (χ0v) is 18.3. The van der Waals surface area contributed by atoms with Gasteiger partial charge in [0, 0.05) is 25.8 Å². The summed E-state index contributed by atoms with van der Waals surface area (Å²) in [7, 11) is 2.15. The Labute approximate surface area is 186 Å². The second kappa shape index (κ2) is 9.97. The first-order valence-corrected chi connectivity index (χ1v) is 10.8. The van der Waals surface area contributed by atoms with Gasteiger partial charge in [-0.2, -0.15) is 10.1 Å². The monoisotopic (exact) mass is 446 g/mol. The molecule has 2 aromatic rings. The van der Waals surface area contributed by atoms with E-state index in [0.717, 1.165) is 38.0 Å². The summed E-state index contributed by atoms with van der Waals surface area (Å²) in [5.41, 5.74) is 0.837. The van der Waals surface area contributed by atoms with E-state index in [-0.39, 0.29) is 6.09 Å². The quantitative estimate of drug-likeness (QED) is 0.596. The largest absolute Gasteiger partial charge is 0.418 e. The van der Waals surface area contributed by atoms with Gasteiger partial charge in [0.25, 0.3) is 0 Å². The summed E-state index contributed by atoms with van der Waals surface area (Å²) in [5.74, 6) is 0.988. The Morgan fingerprint density at radius 1 is 1.29 bits per heavy atom. The molecule has 11 heteroatoms. The molecule has 1 fully saturated rings. The van der Waals surface area contributed by atoms with Crippen LogP contribution in [-0.4, -0.2) is 75.4 Å². The van der Waals surface area contributed by atoms with E-state index in [1.807, 2.05) is 17.0 Å². The van der Waals surface area contributed by atoms with Crippen molar-refractivity contribution in [3.8, 4) is 0 Å². The zero-order chi connectivity index (χ0) is 21.6. The number of hydrogen-bond donors (Lipinski definition) is 2. The van der Waals surface area contributed by atoms with Crippen LogP contribution in [0.25, 0.3) is 0 Å². The first-order valence-electron chi connectivity index (χ1n) is 10.4. The van der Waals surface area contributed by atoms with E-state index in [1.54, 1.807) is 17.3 Å². The lowest BCUT2D eigenvalue weighted by Gasteiger charge is -2.28. The maximum absolute atomic E-state index is 11.6. The number of cyclic esters (lactones) is 1. The van der Waals surface area contributed by atoms with Crippen molar-refractivity contribution in [3.05, 3.63) is 36.0 Å². The van der Waals surface area contributed by atoms with Crippen LogP contribution < -0.4 is 10.6 Å². The Morgan fingerprint density at radius 3 is 2.94 bits per heavy atom. The molecule has 0 aliphatic carbocycles. The van der Waals surface area contributed by atoms with Crippen molar-refractivity contribution in [2.75, 3.05) is 50.4 Å². The van der Waals surface area contributed by atoms with Gasteiger partial charge in [0.1, 0.15) is 10.8 Å². The number of hydrogen-bond acceptors (Lipinski definition) is 8. The number of piperidine rings is 1. The SMILES string of the molecule is CN1CCC(n2cc(Nc3ncc(Cl)c(NCCCN4CC=COC4=O)n3)cn2)CC1. The van der Waals surface area contributed by atoms with E-state index in [2.05, 4.69) is 37.6 Å². The highest BCUT2D eigenvalue weighted by molar-refractivity contribution is 6.32. The van der Waals surface area contributed by atoms with Crippen LogP contribution in [-0.2, 0) is 4.74 Å². The fourth-order valence-corrected chi connectivity index (χ4v) is 3.79. The van der Waals surface area contributed by atoms with Crippen LogP contribution in [0.15, 0.2) is 30.9 Å². The van der Waals surface area contributed by atoms with E-state index >= 15 is 0 Å². The summed E-state index contributed by atoms with van der Waals surface area (Å²) >= 11 is 6.24. The number of rotatable bonds is 8. The number of nitrogens with zero attached hydrogens (tertiary/aromatic N) is 6. The molecule has 4 rings (SSSR count). The van der Waals surface area contributed by atoms with Crippen LogP contribution in [0.5, 0.6) is 0 Å². The van der Waals surface area contributed by atoms with Crippen molar-refractivity contribution < 1.29 is 9.53 Å². The van der Waals surface area contributed by atoms with E-state index < -0.39 is 0 Å². The molecule has 2 aliphatic heterocycles. The molecule has 166 valence electrons. The molecular weight excluding hydrogens is 420 g/mol. The molecule has 10 nitrogen and oxygen atoms in total. The second-order valence-corrected chi connectivity index (χ2v) is 8.15. The number of carbonyl (C=O) groups is 1. The summed E-state index contributed by atoms with van der Waals surface area (Å²) < 4.78 is 6.89. The molecule has 2 aromatic heterocycles. The Morgan fingerprint density at radius 2 is 2.13 bits per heavy atom. The molecule has 0 radical (unpaired) electrons. The van der Waals surface area contributed by atoms with Crippen LogP contribution in [0.2, 0.25) is 5.02 Å². The fraction of sp³-hybridized carbons (Fsp3) is 0.500. The predicted molar refractivity (Wildman–Crippen MR) is 119 cm³/mol. The van der Waals surface area contributed by atoms with Gasteiger partial charge >= 0.3 is 6.09 Å².